The summed E-state index contributed by atoms with van der Waals surface area (Å²) in [5, 5.41) is 4.50. The van der Waals surface area contributed by atoms with Crippen LogP contribution in [0.25, 0.3) is 11.3 Å². The largest absolute Gasteiger partial charge is 0.492 e. The van der Waals surface area contributed by atoms with Gasteiger partial charge in [-0.25, -0.2) is 0 Å². The van der Waals surface area contributed by atoms with Crippen molar-refractivity contribution >= 4 is 5.82 Å². The number of aromatic nitrogens is 2. The Morgan fingerprint density at radius 3 is 2.62 bits per heavy atom. The molecule has 0 saturated heterocycles. The van der Waals surface area contributed by atoms with E-state index in [-0.39, 0.29) is 0 Å². The monoisotopic (exact) mass is 285 g/mol. The molecule has 1 aliphatic carbocycles. The number of nitrogens with two attached hydrogens (primary N) is 1. The van der Waals surface area contributed by atoms with E-state index in [2.05, 4.69) is 31.1 Å². The molecule has 0 amide bonds. The Bertz CT molecular complexity index is 637. The second-order valence-corrected chi connectivity index (χ2v) is 6.14. The van der Waals surface area contributed by atoms with Crippen LogP contribution in [0, 0.1) is 19.8 Å². The maximum Gasteiger partial charge on any atom is 0.131 e. The van der Waals surface area contributed by atoms with Crippen molar-refractivity contribution in [3.63, 3.8) is 0 Å². The number of anilines is 1. The minimum absolute atomic E-state index is 0.661. The zero-order chi connectivity index (χ0) is 15.0. The van der Waals surface area contributed by atoms with Crippen molar-refractivity contribution in [2.24, 2.45) is 13.0 Å². The fraction of sp³-hybridized carbons (Fsp3) is 0.471. The molecular formula is C17H23N3O. The highest BCUT2D eigenvalue weighted by atomic mass is 16.5. The number of aryl methyl sites for hydroxylation is 3. The third-order valence-electron chi connectivity index (χ3n) is 4.30. The summed E-state index contributed by atoms with van der Waals surface area (Å²) in [5.41, 5.74) is 10.2. The third kappa shape index (κ3) is 2.75. The van der Waals surface area contributed by atoms with Crippen molar-refractivity contribution in [3.05, 3.63) is 29.3 Å². The quantitative estimate of drug-likeness (QED) is 0.936. The van der Waals surface area contributed by atoms with Crippen LogP contribution in [0.15, 0.2) is 18.2 Å². The summed E-state index contributed by atoms with van der Waals surface area (Å²) in [6.07, 6.45) is 3.91. The lowest BCUT2D eigenvalue weighted by atomic mass is 9.86. The highest BCUT2D eigenvalue weighted by Gasteiger charge is 2.20. The van der Waals surface area contributed by atoms with Gasteiger partial charge in [-0.3, -0.25) is 4.68 Å². The van der Waals surface area contributed by atoms with E-state index in [0.717, 1.165) is 29.2 Å². The molecule has 1 aromatic carbocycles. The Balaban J connectivity index is 1.96. The van der Waals surface area contributed by atoms with Crippen LogP contribution < -0.4 is 10.5 Å². The van der Waals surface area contributed by atoms with Crippen LogP contribution in [-0.4, -0.2) is 16.4 Å². The van der Waals surface area contributed by atoms with Gasteiger partial charge in [-0.05, 0) is 49.8 Å². The van der Waals surface area contributed by atoms with E-state index in [9.17, 15) is 0 Å². The Kier molecular flexibility index (Phi) is 3.62. The van der Waals surface area contributed by atoms with Gasteiger partial charge in [0, 0.05) is 18.7 Å². The van der Waals surface area contributed by atoms with E-state index in [4.69, 9.17) is 10.5 Å². The first-order valence-corrected chi connectivity index (χ1v) is 7.58. The van der Waals surface area contributed by atoms with E-state index in [0.29, 0.717) is 11.7 Å². The molecule has 0 radical (unpaired) electrons. The number of ether oxygens (including phenoxy) is 1. The van der Waals surface area contributed by atoms with Crippen LogP contribution in [0.4, 0.5) is 5.82 Å². The molecule has 4 heteroatoms. The molecule has 1 fully saturated rings. The highest BCUT2D eigenvalue weighted by molar-refractivity contribution is 5.72. The maximum atomic E-state index is 6.14. The average molecular weight is 285 g/mol. The first-order chi connectivity index (χ1) is 10.0. The van der Waals surface area contributed by atoms with Crippen molar-refractivity contribution in [1.29, 1.82) is 0 Å². The molecule has 1 heterocycles. The van der Waals surface area contributed by atoms with Crippen molar-refractivity contribution < 1.29 is 4.74 Å². The molecule has 3 rings (SSSR count). The standard InChI is InChI=1S/C17H23N3O/c1-11-7-12(2)17(21-10-13-5-4-6-13)14(8-11)15-9-16(18)20(3)19-15/h7-9,13H,4-6,10,18H2,1-3H3. The van der Waals surface area contributed by atoms with Gasteiger partial charge in [-0.2, -0.15) is 5.10 Å². The van der Waals surface area contributed by atoms with Crippen molar-refractivity contribution in [2.45, 2.75) is 33.1 Å². The summed E-state index contributed by atoms with van der Waals surface area (Å²) in [4.78, 5) is 0. The summed E-state index contributed by atoms with van der Waals surface area (Å²) in [5.74, 6) is 2.33. The topological polar surface area (TPSA) is 53.1 Å². The molecule has 21 heavy (non-hydrogen) atoms. The zero-order valence-corrected chi connectivity index (χ0v) is 13.0. The van der Waals surface area contributed by atoms with Crippen LogP contribution >= 0.6 is 0 Å². The minimum Gasteiger partial charge on any atom is -0.492 e. The maximum absolute atomic E-state index is 6.14. The van der Waals surface area contributed by atoms with Crippen LogP contribution in [-0.2, 0) is 7.05 Å². The van der Waals surface area contributed by atoms with Gasteiger partial charge in [0.25, 0.3) is 0 Å². The molecule has 1 saturated carbocycles. The molecule has 0 atom stereocenters. The Morgan fingerprint density at radius 2 is 2.05 bits per heavy atom. The summed E-state index contributed by atoms with van der Waals surface area (Å²) < 4.78 is 7.84. The first-order valence-electron chi connectivity index (χ1n) is 7.58. The molecule has 112 valence electrons. The zero-order valence-electron chi connectivity index (χ0n) is 13.0. The number of rotatable bonds is 4. The lowest BCUT2D eigenvalue weighted by Crippen LogP contribution is -2.19. The van der Waals surface area contributed by atoms with Gasteiger partial charge in [0.1, 0.15) is 11.6 Å². The van der Waals surface area contributed by atoms with Crippen molar-refractivity contribution in [2.75, 3.05) is 12.3 Å². The fourth-order valence-corrected chi connectivity index (χ4v) is 2.81. The van der Waals surface area contributed by atoms with Gasteiger partial charge >= 0.3 is 0 Å². The lowest BCUT2D eigenvalue weighted by molar-refractivity contribution is 0.180. The van der Waals surface area contributed by atoms with Gasteiger partial charge < -0.3 is 10.5 Å². The molecule has 0 bridgehead atoms. The minimum atomic E-state index is 0.661. The first kappa shape index (κ1) is 14.0. The fourth-order valence-electron chi connectivity index (χ4n) is 2.81. The highest BCUT2D eigenvalue weighted by Crippen LogP contribution is 2.36. The SMILES string of the molecule is Cc1cc(C)c(OCC2CCC2)c(-c2cc(N)n(C)n2)c1. The molecule has 0 unspecified atom stereocenters. The van der Waals surface area contributed by atoms with E-state index in [1.807, 2.05) is 13.1 Å². The number of nitrogen functional groups attached to an aromatic ring is 1. The molecule has 4 nitrogen and oxygen atoms in total. The predicted molar refractivity (Wildman–Crippen MR) is 85.4 cm³/mol. The molecule has 2 N–H and O–H groups in total. The van der Waals surface area contributed by atoms with Crippen LogP contribution in [0.5, 0.6) is 5.75 Å². The van der Waals surface area contributed by atoms with Gasteiger partial charge in [-0.1, -0.05) is 12.5 Å². The Hall–Kier alpha value is -1.97. The number of benzene rings is 1. The smallest absolute Gasteiger partial charge is 0.131 e. The van der Waals surface area contributed by atoms with E-state index in [1.165, 1.54) is 24.8 Å². The molecule has 1 aliphatic rings. The van der Waals surface area contributed by atoms with Gasteiger partial charge in [0.05, 0.1) is 12.3 Å². The van der Waals surface area contributed by atoms with Crippen LogP contribution in [0.2, 0.25) is 0 Å². The lowest BCUT2D eigenvalue weighted by Gasteiger charge is -2.26. The summed E-state index contributed by atoms with van der Waals surface area (Å²) in [6, 6.07) is 6.20. The van der Waals surface area contributed by atoms with Gasteiger partial charge in [-0.15, -0.1) is 0 Å². The van der Waals surface area contributed by atoms with Crippen molar-refractivity contribution in [1.82, 2.24) is 9.78 Å². The van der Waals surface area contributed by atoms with Crippen molar-refractivity contribution in [3.8, 4) is 17.0 Å². The molecule has 0 spiro atoms. The summed E-state index contributed by atoms with van der Waals surface area (Å²) in [7, 11) is 1.86. The second kappa shape index (κ2) is 5.43. The normalized spacial score (nSPS) is 15.0. The Labute approximate surface area is 125 Å². The van der Waals surface area contributed by atoms with Crippen LogP contribution in [0.1, 0.15) is 30.4 Å². The van der Waals surface area contributed by atoms with Crippen LogP contribution in [0.3, 0.4) is 0 Å². The number of hydrogen-bond acceptors (Lipinski definition) is 3. The Morgan fingerprint density at radius 1 is 1.29 bits per heavy atom. The molecule has 1 aromatic heterocycles. The molecule has 0 aliphatic heterocycles. The second-order valence-electron chi connectivity index (χ2n) is 6.14. The van der Waals surface area contributed by atoms with E-state index < -0.39 is 0 Å². The summed E-state index contributed by atoms with van der Waals surface area (Å²) >= 11 is 0. The summed E-state index contributed by atoms with van der Waals surface area (Å²) in [6.45, 7) is 5.00. The van der Waals surface area contributed by atoms with E-state index in [1.54, 1.807) is 4.68 Å². The van der Waals surface area contributed by atoms with E-state index >= 15 is 0 Å². The third-order valence-corrected chi connectivity index (χ3v) is 4.30. The predicted octanol–water partition coefficient (Wildman–Crippen LogP) is 3.47. The molecule has 2 aromatic rings. The number of hydrogen-bond donors (Lipinski definition) is 1. The number of nitrogens with zero attached hydrogens (tertiary/aromatic N) is 2. The van der Waals surface area contributed by atoms with Gasteiger partial charge in [0.15, 0.2) is 0 Å². The van der Waals surface area contributed by atoms with Gasteiger partial charge in [0.2, 0.25) is 0 Å². The average Bonchev–Trinajstić information content (AvgIpc) is 2.69. The molecular weight excluding hydrogens is 262 g/mol.